The third kappa shape index (κ3) is 4.54. The highest BCUT2D eigenvalue weighted by Crippen LogP contribution is 2.19. The smallest absolute Gasteiger partial charge is 0.127 e. The van der Waals surface area contributed by atoms with Gasteiger partial charge in [0.25, 0.3) is 0 Å². The van der Waals surface area contributed by atoms with Crippen LogP contribution in [0, 0.1) is 11.7 Å². The molecule has 0 spiro atoms. The quantitative estimate of drug-likeness (QED) is 0.863. The van der Waals surface area contributed by atoms with Crippen molar-refractivity contribution < 1.29 is 9.50 Å². The molecule has 1 aromatic rings. The highest BCUT2D eigenvalue weighted by molar-refractivity contribution is 5.16. The summed E-state index contributed by atoms with van der Waals surface area (Å²) >= 11 is 0. The number of aliphatic hydroxyl groups is 1. The molecule has 0 aliphatic carbocycles. The van der Waals surface area contributed by atoms with E-state index in [4.69, 9.17) is 5.11 Å². The Bertz CT molecular complexity index is 405. The van der Waals surface area contributed by atoms with Crippen molar-refractivity contribution in [2.24, 2.45) is 5.92 Å². The molecule has 2 rings (SSSR count). The molecular weight excluding hydrogens is 255 g/mol. The summed E-state index contributed by atoms with van der Waals surface area (Å²) in [6.45, 7) is 4.86. The maximum Gasteiger partial charge on any atom is 0.127 e. The average molecular weight is 280 g/mol. The number of hydrogen-bond acceptors (Lipinski definition) is 3. The Labute approximate surface area is 121 Å². The van der Waals surface area contributed by atoms with Crippen LogP contribution in [0.1, 0.15) is 18.4 Å². The lowest BCUT2D eigenvalue weighted by Gasteiger charge is -2.33. The summed E-state index contributed by atoms with van der Waals surface area (Å²) in [5.41, 5.74) is 0.771. The zero-order chi connectivity index (χ0) is 14.4. The minimum absolute atomic E-state index is 0.114. The summed E-state index contributed by atoms with van der Waals surface area (Å²) in [5, 5.41) is 8.93. The maximum atomic E-state index is 13.6. The second kappa shape index (κ2) is 7.72. The first-order chi connectivity index (χ1) is 9.69. The van der Waals surface area contributed by atoms with Gasteiger partial charge in [0.05, 0.1) is 6.61 Å². The lowest BCUT2D eigenvalue weighted by atomic mass is 9.96. The fourth-order valence-electron chi connectivity index (χ4n) is 2.96. The molecule has 4 heteroatoms. The molecule has 0 amide bonds. The fourth-order valence-corrected chi connectivity index (χ4v) is 2.96. The van der Waals surface area contributed by atoms with Gasteiger partial charge in [-0.05, 0) is 45.0 Å². The zero-order valence-corrected chi connectivity index (χ0v) is 12.3. The molecule has 112 valence electrons. The van der Waals surface area contributed by atoms with Crippen LogP contribution in [0.5, 0.6) is 0 Å². The molecule has 0 saturated carbocycles. The van der Waals surface area contributed by atoms with Crippen LogP contribution in [0.2, 0.25) is 0 Å². The molecule has 20 heavy (non-hydrogen) atoms. The third-order valence-corrected chi connectivity index (χ3v) is 4.09. The SMILES string of the molecule is CN(Cc1ccccc1F)CC1CCN(CCO)CC1. The van der Waals surface area contributed by atoms with Crippen LogP contribution in [-0.4, -0.2) is 54.7 Å². The zero-order valence-electron chi connectivity index (χ0n) is 12.3. The van der Waals surface area contributed by atoms with E-state index in [0.29, 0.717) is 12.5 Å². The van der Waals surface area contributed by atoms with E-state index in [0.717, 1.165) is 31.7 Å². The van der Waals surface area contributed by atoms with E-state index >= 15 is 0 Å². The highest BCUT2D eigenvalue weighted by atomic mass is 19.1. The normalized spacial score (nSPS) is 17.8. The second-order valence-electron chi connectivity index (χ2n) is 5.80. The van der Waals surface area contributed by atoms with E-state index in [1.54, 1.807) is 6.07 Å². The standard InChI is InChI=1S/C16H25FN2O/c1-18(13-15-4-2-3-5-16(15)17)12-14-6-8-19(9-7-14)10-11-20/h2-5,14,20H,6-13H2,1H3. The van der Waals surface area contributed by atoms with Crippen LogP contribution in [0.4, 0.5) is 4.39 Å². The van der Waals surface area contributed by atoms with Gasteiger partial charge in [-0.3, -0.25) is 0 Å². The summed E-state index contributed by atoms with van der Waals surface area (Å²) < 4.78 is 13.6. The van der Waals surface area contributed by atoms with Crippen molar-refractivity contribution in [3.05, 3.63) is 35.6 Å². The van der Waals surface area contributed by atoms with Crippen molar-refractivity contribution in [2.75, 3.05) is 39.8 Å². The van der Waals surface area contributed by atoms with Gasteiger partial charge >= 0.3 is 0 Å². The monoisotopic (exact) mass is 280 g/mol. The molecule has 1 fully saturated rings. The largest absolute Gasteiger partial charge is 0.395 e. The van der Waals surface area contributed by atoms with E-state index in [2.05, 4.69) is 16.8 Å². The molecule has 1 aliphatic heterocycles. The van der Waals surface area contributed by atoms with Gasteiger partial charge in [0.1, 0.15) is 5.82 Å². The lowest BCUT2D eigenvalue weighted by Crippen LogP contribution is -2.38. The van der Waals surface area contributed by atoms with E-state index in [1.807, 2.05) is 12.1 Å². The molecule has 0 atom stereocenters. The van der Waals surface area contributed by atoms with E-state index in [9.17, 15) is 4.39 Å². The molecular formula is C16H25FN2O. The molecule has 0 radical (unpaired) electrons. The van der Waals surface area contributed by atoms with Crippen molar-refractivity contribution in [3.63, 3.8) is 0 Å². The van der Waals surface area contributed by atoms with Gasteiger partial charge in [-0.25, -0.2) is 4.39 Å². The van der Waals surface area contributed by atoms with Crippen molar-refractivity contribution in [1.29, 1.82) is 0 Å². The Kier molecular flexibility index (Phi) is 5.95. The molecule has 1 aromatic carbocycles. The van der Waals surface area contributed by atoms with Crippen molar-refractivity contribution in [2.45, 2.75) is 19.4 Å². The van der Waals surface area contributed by atoms with Gasteiger partial charge in [-0.2, -0.15) is 0 Å². The Morgan fingerprint density at radius 3 is 2.65 bits per heavy atom. The van der Waals surface area contributed by atoms with Crippen LogP contribution < -0.4 is 0 Å². The van der Waals surface area contributed by atoms with E-state index in [1.165, 1.54) is 18.9 Å². The predicted octanol–water partition coefficient (Wildman–Crippen LogP) is 1.96. The summed E-state index contributed by atoms with van der Waals surface area (Å²) in [7, 11) is 2.06. The second-order valence-corrected chi connectivity index (χ2v) is 5.80. The Morgan fingerprint density at radius 2 is 2.00 bits per heavy atom. The number of likely N-dealkylation sites (tertiary alicyclic amines) is 1. The first kappa shape index (κ1) is 15.4. The molecule has 3 nitrogen and oxygen atoms in total. The van der Waals surface area contributed by atoms with Crippen LogP contribution in [0.15, 0.2) is 24.3 Å². The molecule has 1 N–H and O–H groups in total. The molecule has 0 unspecified atom stereocenters. The number of β-amino-alcohol motifs (C(OH)–C–C–N with tert-alkyl or cyclic N) is 1. The third-order valence-electron chi connectivity index (χ3n) is 4.09. The van der Waals surface area contributed by atoms with Crippen molar-refractivity contribution in [3.8, 4) is 0 Å². The van der Waals surface area contributed by atoms with Crippen molar-refractivity contribution >= 4 is 0 Å². The van der Waals surface area contributed by atoms with Crippen LogP contribution in [0.3, 0.4) is 0 Å². The number of aliphatic hydroxyl groups excluding tert-OH is 1. The predicted molar refractivity (Wildman–Crippen MR) is 79.0 cm³/mol. The molecule has 1 saturated heterocycles. The summed E-state index contributed by atoms with van der Waals surface area (Å²) in [6, 6.07) is 7.00. The maximum absolute atomic E-state index is 13.6. The van der Waals surface area contributed by atoms with Gasteiger partial charge < -0.3 is 14.9 Å². The Balaban J connectivity index is 1.75. The highest BCUT2D eigenvalue weighted by Gasteiger charge is 2.20. The van der Waals surface area contributed by atoms with Gasteiger partial charge in [0.2, 0.25) is 0 Å². The topological polar surface area (TPSA) is 26.7 Å². The number of hydrogen-bond donors (Lipinski definition) is 1. The van der Waals surface area contributed by atoms with Crippen LogP contribution in [-0.2, 0) is 6.54 Å². The summed E-state index contributed by atoms with van der Waals surface area (Å²) in [6.07, 6.45) is 2.34. The summed E-state index contributed by atoms with van der Waals surface area (Å²) in [4.78, 5) is 4.53. The Hall–Kier alpha value is -0.970. The first-order valence-corrected chi connectivity index (χ1v) is 7.44. The average Bonchev–Trinajstić information content (AvgIpc) is 2.44. The van der Waals surface area contributed by atoms with Gasteiger partial charge in [-0.15, -0.1) is 0 Å². The van der Waals surface area contributed by atoms with E-state index in [-0.39, 0.29) is 12.4 Å². The van der Waals surface area contributed by atoms with Crippen LogP contribution in [0.25, 0.3) is 0 Å². The fraction of sp³-hybridized carbons (Fsp3) is 0.625. The number of benzene rings is 1. The lowest BCUT2D eigenvalue weighted by molar-refractivity contribution is 0.129. The minimum atomic E-state index is -0.114. The Morgan fingerprint density at radius 1 is 1.30 bits per heavy atom. The summed E-state index contributed by atoms with van der Waals surface area (Å²) in [5.74, 6) is 0.568. The number of halogens is 1. The molecule has 0 bridgehead atoms. The number of rotatable bonds is 6. The number of piperidine rings is 1. The molecule has 0 aromatic heterocycles. The van der Waals surface area contributed by atoms with Gasteiger partial charge in [0.15, 0.2) is 0 Å². The van der Waals surface area contributed by atoms with Crippen molar-refractivity contribution in [1.82, 2.24) is 9.80 Å². The molecule has 1 aliphatic rings. The van der Waals surface area contributed by atoms with Crippen LogP contribution >= 0.6 is 0 Å². The minimum Gasteiger partial charge on any atom is -0.395 e. The van der Waals surface area contributed by atoms with Gasteiger partial charge in [-0.1, -0.05) is 18.2 Å². The first-order valence-electron chi connectivity index (χ1n) is 7.44. The van der Waals surface area contributed by atoms with E-state index < -0.39 is 0 Å². The number of nitrogens with zero attached hydrogens (tertiary/aromatic N) is 2. The molecule has 1 heterocycles. The van der Waals surface area contributed by atoms with Gasteiger partial charge in [0, 0.05) is 25.2 Å².